The summed E-state index contributed by atoms with van der Waals surface area (Å²) in [5.41, 5.74) is 4.64. The van der Waals surface area contributed by atoms with Crippen molar-refractivity contribution < 1.29 is 83.6 Å². The molecule has 4 N–H and O–H groups in total. The van der Waals surface area contributed by atoms with Crippen molar-refractivity contribution in [2.45, 2.75) is 180 Å². The third-order valence-electron chi connectivity index (χ3n) is 18.5. The van der Waals surface area contributed by atoms with Crippen LogP contribution in [0.25, 0.3) is 0 Å². The molecule has 3 aliphatic heterocycles. The molecule has 8 aromatic carbocycles. The van der Waals surface area contributed by atoms with Gasteiger partial charge in [0.25, 0.3) is 0 Å². The Balaban J connectivity index is 1.07. The fourth-order valence-corrected chi connectivity index (χ4v) is 15.7. The van der Waals surface area contributed by atoms with Gasteiger partial charge < -0.3 is 66.7 Å². The number of aliphatic hydroxyl groups excluding tert-OH is 2. The van der Waals surface area contributed by atoms with Gasteiger partial charge in [0.2, 0.25) is 20.0 Å². The van der Waals surface area contributed by atoms with Crippen molar-refractivity contribution in [3.05, 3.63) is 276 Å². The maximum atomic E-state index is 15.5. The first-order valence-corrected chi connectivity index (χ1v) is 39.9. The monoisotopic (exact) mass is 1440 g/mol. The largest absolute Gasteiger partial charge is 0.394 e. The summed E-state index contributed by atoms with van der Waals surface area (Å²) in [5.74, 6) is 0. The molecule has 8 aromatic rings. The molecule has 11 rings (SSSR count). The molecule has 0 radical (unpaired) electrons. The fraction of sp³-hybridized carbons (Fsp3) is 0.385. The molecule has 15 atom stereocenters. The van der Waals surface area contributed by atoms with Crippen molar-refractivity contribution in [2.75, 3.05) is 19.8 Å². The molecule has 0 spiro atoms. The Labute approximate surface area is 594 Å². The lowest BCUT2D eigenvalue weighted by atomic mass is 9.94. The smallest absolute Gasteiger partial charge is 0.241 e. The maximum Gasteiger partial charge on any atom is 0.241 e. The third-order valence-corrected chi connectivity index (χ3v) is 25.9. The lowest BCUT2D eigenvalue weighted by molar-refractivity contribution is -0.370. The SMILES string of the molecule is CC(C)(C)[Si](C)(C)O[C@H]1OC(COCc2ccccc2)[C@@H](O[C@@H]2OC(COCc3ccccc3)[C@@H](O[C@@H]3OC(CO)[C@@H](OCc4ccccc4)[C@H](O)C3OCc3ccccc3)[C@@H](OCc3ccccc3)C2NS(=O)(=O)c2ccccc2)[C@@H](OCc2ccccc2)C1NS(=O)(=O)c1ccccc1. The van der Waals surface area contributed by atoms with E-state index in [-0.39, 0.29) is 62.6 Å². The van der Waals surface area contributed by atoms with E-state index in [1.165, 1.54) is 24.3 Å². The first-order chi connectivity index (χ1) is 48.8. The number of nitrogens with one attached hydrogen (secondary N) is 2. The Hall–Kier alpha value is -6.76. The van der Waals surface area contributed by atoms with E-state index in [2.05, 4.69) is 30.2 Å². The molecule has 3 saturated heterocycles. The Bertz CT molecular complexity index is 3980. The zero-order valence-corrected chi connectivity index (χ0v) is 60.0. The number of hydrogen-bond donors (Lipinski definition) is 4. The van der Waals surface area contributed by atoms with Crippen LogP contribution in [0.1, 0.15) is 54.2 Å². The zero-order chi connectivity index (χ0) is 70.8. The van der Waals surface area contributed by atoms with E-state index in [9.17, 15) is 10.2 Å². The number of benzene rings is 8. The van der Waals surface area contributed by atoms with E-state index in [1.807, 2.05) is 195 Å². The van der Waals surface area contributed by atoms with Crippen molar-refractivity contribution in [1.29, 1.82) is 0 Å². The van der Waals surface area contributed by atoms with Crippen LogP contribution in [0.4, 0.5) is 0 Å². The van der Waals surface area contributed by atoms with E-state index in [1.54, 1.807) is 36.4 Å². The average molecular weight is 1440 g/mol. The highest BCUT2D eigenvalue weighted by molar-refractivity contribution is 7.89. The Morgan fingerprint density at radius 3 is 1.04 bits per heavy atom. The second kappa shape index (κ2) is 35.6. The lowest BCUT2D eigenvalue weighted by Gasteiger charge is -2.52. The van der Waals surface area contributed by atoms with Gasteiger partial charge in [0.15, 0.2) is 27.2 Å². The number of aliphatic hydroxyl groups is 2. The van der Waals surface area contributed by atoms with Gasteiger partial charge in [0.1, 0.15) is 73.1 Å². The normalized spacial score (nSPS) is 25.9. The lowest BCUT2D eigenvalue weighted by Crippen LogP contribution is -2.71. The Morgan fingerprint density at radius 2 is 0.683 bits per heavy atom. The van der Waals surface area contributed by atoms with Crippen LogP contribution in [-0.2, 0) is 116 Å². The van der Waals surface area contributed by atoms with Crippen LogP contribution in [0.2, 0.25) is 18.1 Å². The van der Waals surface area contributed by atoms with Gasteiger partial charge in [-0.15, -0.1) is 0 Å². The highest BCUT2D eigenvalue weighted by Gasteiger charge is 2.58. The summed E-state index contributed by atoms with van der Waals surface area (Å²) in [7, 11) is -12.0. The van der Waals surface area contributed by atoms with Crippen LogP contribution in [-0.4, -0.2) is 147 Å². The number of sulfonamides is 2. The van der Waals surface area contributed by atoms with E-state index >= 15 is 16.8 Å². The zero-order valence-electron chi connectivity index (χ0n) is 57.4. The second-order valence-electron chi connectivity index (χ2n) is 26.8. The molecule has 3 fully saturated rings. The summed E-state index contributed by atoms with van der Waals surface area (Å²) in [6.07, 6.45) is -18.1. The summed E-state index contributed by atoms with van der Waals surface area (Å²) in [6, 6.07) is 69.0. The molecule has 0 bridgehead atoms. The number of hydrogen-bond acceptors (Lipinski definition) is 18. The topological polar surface area (TPSA) is 244 Å². The van der Waals surface area contributed by atoms with Crippen LogP contribution in [0, 0.1) is 0 Å². The standard InChI is InChI=1S/C78H92N2O18S2Si/c1-78(2,3)101(4,5)98-76-67(80-100(85,86)62-44-28-13-29-45-62)73(91-51-59-38-22-10-23-39-59)70(65(95-76)54-88-48-56-32-16-7-17-33-56)96-75-66(79-99(83,84)61-42-26-12-27-43-61)72(90-50-58-36-20-9-21-37-58)71(64(94-75)53-87-47-55-30-14-6-15-31-55)97-77-74(92-52-60-40-24-11-25-41-60)68(82)69(63(46-81)93-77)89-49-57-34-18-8-19-35-57/h6-45,63-77,79-82H,46-54H2,1-5H3/t63?,64?,65?,66?,67?,68-,69+,70+,71+,72-,73-,74?,75-,76+,77-/m0/s1. The highest BCUT2D eigenvalue weighted by atomic mass is 32.2. The summed E-state index contributed by atoms with van der Waals surface area (Å²) < 4.78 is 152. The maximum absolute atomic E-state index is 15.5. The Morgan fingerprint density at radius 1 is 0.386 bits per heavy atom. The first-order valence-electron chi connectivity index (χ1n) is 34.1. The second-order valence-corrected chi connectivity index (χ2v) is 35.0. The minimum absolute atomic E-state index is 0.0351. The van der Waals surface area contributed by atoms with Crippen LogP contribution in [0.3, 0.4) is 0 Å². The highest BCUT2D eigenvalue weighted by Crippen LogP contribution is 2.42. The molecule has 3 heterocycles. The van der Waals surface area contributed by atoms with Gasteiger partial charge in [-0.05, 0) is 75.8 Å². The van der Waals surface area contributed by atoms with Crippen molar-refractivity contribution in [3.8, 4) is 0 Å². The number of rotatable bonds is 33. The predicted octanol–water partition coefficient (Wildman–Crippen LogP) is 10.8. The summed E-state index contributed by atoms with van der Waals surface area (Å²) in [5, 5.41) is 23.6. The van der Waals surface area contributed by atoms with Crippen LogP contribution in [0.15, 0.2) is 252 Å². The van der Waals surface area contributed by atoms with Crippen LogP contribution in [0.5, 0.6) is 0 Å². The molecule has 23 heteroatoms. The first kappa shape index (κ1) is 75.4. The molecular weight excluding hydrogens is 1350 g/mol. The number of ether oxygens (including phenoxy) is 11. The van der Waals surface area contributed by atoms with Crippen molar-refractivity contribution in [2.24, 2.45) is 0 Å². The van der Waals surface area contributed by atoms with E-state index in [4.69, 9.17) is 56.5 Å². The minimum Gasteiger partial charge on any atom is -0.394 e. The molecule has 101 heavy (non-hydrogen) atoms. The molecule has 0 saturated carbocycles. The van der Waals surface area contributed by atoms with Crippen LogP contribution >= 0.6 is 0 Å². The molecule has 3 aliphatic rings. The molecule has 20 nitrogen and oxygen atoms in total. The van der Waals surface area contributed by atoms with E-state index in [0.29, 0.717) is 5.56 Å². The van der Waals surface area contributed by atoms with Crippen molar-refractivity contribution in [3.63, 3.8) is 0 Å². The summed E-state index contributed by atoms with van der Waals surface area (Å²) in [6.45, 7) is 9.12. The van der Waals surface area contributed by atoms with E-state index in [0.717, 1.165) is 27.8 Å². The van der Waals surface area contributed by atoms with Gasteiger partial charge in [-0.3, -0.25) is 0 Å². The summed E-state index contributed by atoms with van der Waals surface area (Å²) in [4.78, 5) is -0.166. The van der Waals surface area contributed by atoms with Crippen LogP contribution < -0.4 is 9.44 Å². The van der Waals surface area contributed by atoms with Gasteiger partial charge >= 0.3 is 0 Å². The van der Waals surface area contributed by atoms with Crippen molar-refractivity contribution >= 4 is 28.4 Å². The van der Waals surface area contributed by atoms with Crippen molar-refractivity contribution in [1.82, 2.24) is 9.44 Å². The molecular formula is C78H92N2O18S2Si. The minimum atomic E-state index is -4.63. The molecule has 0 aromatic heterocycles. The molecule has 538 valence electrons. The van der Waals surface area contributed by atoms with Gasteiger partial charge in [0, 0.05) is 0 Å². The summed E-state index contributed by atoms with van der Waals surface area (Å²) >= 11 is 0. The third kappa shape index (κ3) is 20.4. The Kier molecular flexibility index (Phi) is 26.6. The molecule has 0 aliphatic carbocycles. The van der Waals surface area contributed by atoms with Gasteiger partial charge in [-0.2, -0.15) is 0 Å². The average Bonchev–Trinajstić information content (AvgIpc) is 0.757. The van der Waals surface area contributed by atoms with Gasteiger partial charge in [0.05, 0.1) is 69.3 Å². The van der Waals surface area contributed by atoms with Gasteiger partial charge in [-0.25, -0.2) is 26.3 Å². The molecule has 6 unspecified atom stereocenters. The van der Waals surface area contributed by atoms with Gasteiger partial charge in [-0.1, -0.05) is 239 Å². The quantitative estimate of drug-likeness (QED) is 0.0279. The van der Waals surface area contributed by atoms with E-state index < -0.39 is 132 Å². The molecule has 0 amide bonds. The predicted molar refractivity (Wildman–Crippen MR) is 380 cm³/mol. The fourth-order valence-electron chi connectivity index (χ4n) is 12.1.